The monoisotopic (exact) mass is 405 g/mol. The molecule has 0 aliphatic carbocycles. The molecule has 0 amide bonds. The molecule has 12 heteroatoms. The normalized spacial score (nSPS) is 12.9. The SMILES string of the molecule is O=S(=O)(Nc1cc(C(F)(F)F)cc(C(F)(F)F)c1)c1cc(F)cc(F)c1. The first-order chi connectivity index (χ1) is 11.7. The molecule has 3 nitrogen and oxygen atoms in total. The average Bonchev–Trinajstić information content (AvgIpc) is 2.43. The molecule has 0 saturated heterocycles. The van der Waals surface area contributed by atoms with Crippen LogP contribution in [0.4, 0.5) is 40.8 Å². The Morgan fingerprint density at radius 1 is 0.692 bits per heavy atom. The standard InChI is InChI=1S/C14H7F8NO2S/c15-9-4-10(16)6-12(5-9)26(24,25)23-11-2-7(13(17,18)19)1-8(3-11)14(20,21)22/h1-6,23H. The summed E-state index contributed by atoms with van der Waals surface area (Å²) in [5.41, 5.74) is -4.58. The van der Waals surface area contributed by atoms with Gasteiger partial charge in [-0.3, -0.25) is 4.72 Å². The number of halogens is 8. The smallest absolute Gasteiger partial charge is 0.280 e. The van der Waals surface area contributed by atoms with Crippen LogP contribution in [0.15, 0.2) is 41.3 Å². The summed E-state index contributed by atoms with van der Waals surface area (Å²) in [5, 5.41) is 0. The third-order valence-electron chi connectivity index (χ3n) is 2.99. The van der Waals surface area contributed by atoms with Crippen LogP contribution in [0, 0.1) is 11.6 Å². The second kappa shape index (κ2) is 6.41. The number of benzene rings is 2. The van der Waals surface area contributed by atoms with E-state index in [0.29, 0.717) is 18.2 Å². The minimum Gasteiger partial charge on any atom is -0.280 e. The molecule has 0 aliphatic heterocycles. The van der Waals surface area contributed by atoms with Crippen LogP contribution in [0.3, 0.4) is 0 Å². The van der Waals surface area contributed by atoms with Crippen molar-refractivity contribution in [2.24, 2.45) is 0 Å². The molecule has 26 heavy (non-hydrogen) atoms. The van der Waals surface area contributed by atoms with E-state index in [9.17, 15) is 43.5 Å². The number of rotatable bonds is 3. The van der Waals surface area contributed by atoms with Crippen molar-refractivity contribution in [3.63, 3.8) is 0 Å². The van der Waals surface area contributed by atoms with Gasteiger partial charge in [0.2, 0.25) is 0 Å². The highest BCUT2D eigenvalue weighted by Gasteiger charge is 2.37. The predicted octanol–water partition coefficient (Wildman–Crippen LogP) is 4.80. The van der Waals surface area contributed by atoms with Gasteiger partial charge in [-0.1, -0.05) is 0 Å². The van der Waals surface area contributed by atoms with Crippen LogP contribution in [0.2, 0.25) is 0 Å². The number of nitrogens with one attached hydrogen (secondary N) is 1. The van der Waals surface area contributed by atoms with Crippen LogP contribution in [0.5, 0.6) is 0 Å². The van der Waals surface area contributed by atoms with Gasteiger partial charge >= 0.3 is 12.4 Å². The molecule has 1 N–H and O–H groups in total. The van der Waals surface area contributed by atoms with Gasteiger partial charge in [-0.25, -0.2) is 17.2 Å². The number of hydrogen-bond donors (Lipinski definition) is 1. The van der Waals surface area contributed by atoms with Crippen molar-refractivity contribution >= 4 is 15.7 Å². The van der Waals surface area contributed by atoms with E-state index in [1.165, 1.54) is 4.72 Å². The van der Waals surface area contributed by atoms with Crippen molar-refractivity contribution < 1.29 is 43.5 Å². The number of hydrogen-bond acceptors (Lipinski definition) is 2. The minimum atomic E-state index is -5.19. The fraction of sp³-hybridized carbons (Fsp3) is 0.143. The van der Waals surface area contributed by atoms with Gasteiger partial charge in [-0.2, -0.15) is 26.3 Å². The third-order valence-corrected chi connectivity index (χ3v) is 4.35. The molecule has 0 fully saturated rings. The maximum absolute atomic E-state index is 13.1. The molecule has 0 aliphatic rings. The number of sulfonamides is 1. The van der Waals surface area contributed by atoms with Crippen molar-refractivity contribution in [1.82, 2.24) is 0 Å². The van der Waals surface area contributed by atoms with Crippen LogP contribution >= 0.6 is 0 Å². The van der Waals surface area contributed by atoms with E-state index >= 15 is 0 Å². The Bertz CT molecular complexity index is 882. The Kier molecular flexibility index (Phi) is 4.92. The molecule has 142 valence electrons. The minimum absolute atomic E-state index is 0.127. The Balaban J connectivity index is 2.54. The van der Waals surface area contributed by atoms with Crippen molar-refractivity contribution in [3.05, 3.63) is 59.2 Å². The summed E-state index contributed by atoms with van der Waals surface area (Å²) in [6.45, 7) is 0. The number of anilines is 1. The van der Waals surface area contributed by atoms with Gasteiger partial charge in [-0.05, 0) is 30.3 Å². The lowest BCUT2D eigenvalue weighted by atomic mass is 10.1. The molecule has 0 saturated carbocycles. The molecule has 0 radical (unpaired) electrons. The summed E-state index contributed by atoms with van der Waals surface area (Å²) < 4.78 is 128. The highest BCUT2D eigenvalue weighted by Crippen LogP contribution is 2.38. The number of alkyl halides is 6. The van der Waals surface area contributed by atoms with Crippen molar-refractivity contribution in [2.45, 2.75) is 17.2 Å². The second-order valence-electron chi connectivity index (χ2n) is 5.01. The topological polar surface area (TPSA) is 46.2 Å². The summed E-state index contributed by atoms with van der Waals surface area (Å²) in [6.07, 6.45) is -10.4. The maximum Gasteiger partial charge on any atom is 0.416 e. The first kappa shape index (κ1) is 19.9. The van der Waals surface area contributed by atoms with Gasteiger partial charge < -0.3 is 0 Å². The molecular weight excluding hydrogens is 398 g/mol. The Hall–Kier alpha value is -2.37. The fourth-order valence-electron chi connectivity index (χ4n) is 1.91. The highest BCUT2D eigenvalue weighted by molar-refractivity contribution is 7.92. The molecule has 0 unspecified atom stereocenters. The molecule has 2 aromatic rings. The van der Waals surface area contributed by atoms with Gasteiger partial charge in [0.25, 0.3) is 10.0 Å². The van der Waals surface area contributed by atoms with Crippen molar-refractivity contribution in [1.29, 1.82) is 0 Å². The molecular formula is C14H7F8NO2S. The zero-order valence-electron chi connectivity index (χ0n) is 12.2. The summed E-state index contributed by atoms with van der Waals surface area (Å²) in [7, 11) is -4.85. The van der Waals surface area contributed by atoms with E-state index in [1.807, 2.05) is 0 Å². The second-order valence-corrected chi connectivity index (χ2v) is 6.69. The van der Waals surface area contributed by atoms with Crippen molar-refractivity contribution in [3.8, 4) is 0 Å². The van der Waals surface area contributed by atoms with Crippen LogP contribution in [-0.4, -0.2) is 8.42 Å². The Morgan fingerprint density at radius 3 is 1.50 bits per heavy atom. The first-order valence-electron chi connectivity index (χ1n) is 6.47. The largest absolute Gasteiger partial charge is 0.416 e. The van der Waals surface area contributed by atoms with E-state index in [2.05, 4.69) is 0 Å². The highest BCUT2D eigenvalue weighted by atomic mass is 32.2. The Morgan fingerprint density at radius 2 is 1.12 bits per heavy atom. The van der Waals surface area contributed by atoms with Gasteiger partial charge in [0.1, 0.15) is 11.6 Å². The van der Waals surface area contributed by atoms with E-state index in [1.54, 1.807) is 0 Å². The molecule has 2 aromatic carbocycles. The quantitative estimate of drug-likeness (QED) is 0.746. The van der Waals surface area contributed by atoms with Gasteiger partial charge in [0, 0.05) is 6.07 Å². The van der Waals surface area contributed by atoms with Crippen LogP contribution in [-0.2, 0) is 22.4 Å². The van der Waals surface area contributed by atoms with Crippen LogP contribution in [0.1, 0.15) is 11.1 Å². The van der Waals surface area contributed by atoms with Crippen LogP contribution < -0.4 is 4.72 Å². The molecule has 0 bridgehead atoms. The van der Waals surface area contributed by atoms with E-state index in [0.717, 1.165) is 0 Å². The zero-order valence-corrected chi connectivity index (χ0v) is 13.0. The fourth-order valence-corrected chi connectivity index (χ4v) is 2.99. The Labute approximate surface area is 141 Å². The van der Waals surface area contributed by atoms with E-state index in [-0.39, 0.29) is 18.2 Å². The molecule has 0 aromatic heterocycles. The molecule has 0 atom stereocenters. The summed E-state index contributed by atoms with van der Waals surface area (Å²) in [6, 6.07) is 1.10. The third kappa shape index (κ3) is 4.62. The lowest BCUT2D eigenvalue weighted by molar-refractivity contribution is -0.143. The molecule has 2 rings (SSSR count). The zero-order chi connectivity index (χ0) is 19.9. The molecule has 0 heterocycles. The predicted molar refractivity (Wildman–Crippen MR) is 73.6 cm³/mol. The summed E-state index contributed by atoms with van der Waals surface area (Å²) >= 11 is 0. The summed E-state index contributed by atoms with van der Waals surface area (Å²) in [5.74, 6) is -2.60. The lowest BCUT2D eigenvalue weighted by Crippen LogP contribution is -2.16. The summed E-state index contributed by atoms with van der Waals surface area (Å²) in [4.78, 5) is -1.01. The first-order valence-corrected chi connectivity index (χ1v) is 7.95. The van der Waals surface area contributed by atoms with Crippen molar-refractivity contribution in [2.75, 3.05) is 4.72 Å². The van der Waals surface area contributed by atoms with Crippen LogP contribution in [0.25, 0.3) is 0 Å². The van der Waals surface area contributed by atoms with Gasteiger partial charge in [0.15, 0.2) is 0 Å². The molecule has 0 spiro atoms. The van der Waals surface area contributed by atoms with E-state index < -0.39 is 55.7 Å². The maximum atomic E-state index is 13.1. The van der Waals surface area contributed by atoms with E-state index in [4.69, 9.17) is 0 Å². The van der Waals surface area contributed by atoms with Gasteiger partial charge in [-0.15, -0.1) is 0 Å². The lowest BCUT2D eigenvalue weighted by Gasteiger charge is -2.15. The van der Waals surface area contributed by atoms with Gasteiger partial charge in [0.05, 0.1) is 21.7 Å². The average molecular weight is 405 g/mol.